The Morgan fingerprint density at radius 2 is 1.30 bits per heavy atom. The molecule has 0 heterocycles. The Bertz CT molecular complexity index is 807. The van der Waals surface area contributed by atoms with Crippen LogP contribution in [0.1, 0.15) is 31.2 Å². The Kier molecular flexibility index (Phi) is 7.19. The van der Waals surface area contributed by atoms with E-state index < -0.39 is 13.9 Å². The van der Waals surface area contributed by atoms with E-state index >= 15 is 0 Å². The number of aryl methyl sites for hydroxylation is 1. The maximum Gasteiger partial charge on any atom is 0.303 e. The fourth-order valence-corrected chi connectivity index (χ4v) is 5.60. The van der Waals surface area contributed by atoms with Crippen molar-refractivity contribution in [2.45, 2.75) is 32.1 Å². The van der Waals surface area contributed by atoms with Crippen LogP contribution in [0.2, 0.25) is 0 Å². The second-order valence-electron chi connectivity index (χ2n) is 6.63. The summed E-state index contributed by atoms with van der Waals surface area (Å²) in [5.74, 6) is -0.701. The van der Waals surface area contributed by atoms with E-state index in [-0.39, 0.29) is 6.42 Å². The molecule has 27 heavy (non-hydrogen) atoms. The van der Waals surface area contributed by atoms with Gasteiger partial charge in [0.25, 0.3) is 0 Å². The van der Waals surface area contributed by atoms with Crippen molar-refractivity contribution >= 4 is 29.8 Å². The van der Waals surface area contributed by atoms with Crippen molar-refractivity contribution in [2.24, 2.45) is 0 Å². The van der Waals surface area contributed by atoms with Crippen molar-refractivity contribution in [3.05, 3.63) is 90.5 Å². The van der Waals surface area contributed by atoms with Gasteiger partial charge in [-0.1, -0.05) is 91.3 Å². The third-order valence-corrected chi connectivity index (χ3v) is 6.98. The van der Waals surface area contributed by atoms with Gasteiger partial charge in [-0.3, -0.25) is 4.79 Å². The van der Waals surface area contributed by atoms with E-state index in [0.717, 1.165) is 25.7 Å². The Morgan fingerprint density at radius 3 is 1.89 bits per heavy atom. The lowest BCUT2D eigenvalue weighted by Crippen LogP contribution is -2.20. The van der Waals surface area contributed by atoms with Crippen LogP contribution in [0.3, 0.4) is 0 Å². The van der Waals surface area contributed by atoms with Gasteiger partial charge < -0.3 is 5.11 Å². The lowest BCUT2D eigenvalue weighted by atomic mass is 10.1. The summed E-state index contributed by atoms with van der Waals surface area (Å²) in [6, 6.07) is 30.4. The fourth-order valence-electron chi connectivity index (χ4n) is 3.23. The number of carboxylic acids is 1. The zero-order valence-electron chi connectivity index (χ0n) is 15.4. The van der Waals surface area contributed by atoms with Crippen molar-refractivity contribution in [1.82, 2.24) is 0 Å². The smallest absolute Gasteiger partial charge is 0.303 e. The van der Waals surface area contributed by atoms with Crippen molar-refractivity contribution in [1.29, 1.82) is 0 Å². The van der Waals surface area contributed by atoms with Crippen LogP contribution in [-0.2, 0) is 11.2 Å². The predicted molar refractivity (Wildman–Crippen MR) is 115 cm³/mol. The minimum Gasteiger partial charge on any atom is -0.481 e. The molecule has 0 saturated carbocycles. The third-order valence-electron chi connectivity index (χ3n) is 4.55. The van der Waals surface area contributed by atoms with E-state index in [0.29, 0.717) is 0 Å². The first kappa shape index (κ1) is 19.3. The molecular weight excluding hydrogens is 351 g/mol. The van der Waals surface area contributed by atoms with Crippen LogP contribution in [-0.4, -0.2) is 11.1 Å². The summed E-state index contributed by atoms with van der Waals surface area (Å²) in [5.41, 5.74) is 1.34. The van der Waals surface area contributed by atoms with Gasteiger partial charge in [0.05, 0.1) is 0 Å². The highest BCUT2D eigenvalue weighted by atomic mass is 31.1. The number of hydrogen-bond acceptors (Lipinski definition) is 1. The van der Waals surface area contributed by atoms with Gasteiger partial charge in [0, 0.05) is 6.42 Å². The number of hydrogen-bond donors (Lipinski definition) is 1. The zero-order chi connectivity index (χ0) is 18.9. The van der Waals surface area contributed by atoms with Gasteiger partial charge >= 0.3 is 5.97 Å². The largest absolute Gasteiger partial charge is 0.481 e. The number of aliphatic carboxylic acids is 1. The number of carboxylic acid groups (broad SMARTS) is 1. The molecule has 0 aromatic heterocycles. The first-order chi connectivity index (χ1) is 13.2. The highest BCUT2D eigenvalue weighted by molar-refractivity contribution is 7.79. The molecule has 138 valence electrons. The van der Waals surface area contributed by atoms with Crippen LogP contribution in [0.25, 0.3) is 0 Å². The minimum atomic E-state index is -0.701. The predicted octanol–water partition coefficient (Wildman–Crippen LogP) is 4.63. The van der Waals surface area contributed by atoms with E-state index in [1.165, 1.54) is 21.5 Å². The van der Waals surface area contributed by atoms with Gasteiger partial charge in [-0.2, -0.15) is 0 Å². The van der Waals surface area contributed by atoms with E-state index in [9.17, 15) is 4.79 Å². The summed E-state index contributed by atoms with van der Waals surface area (Å²) in [5, 5.41) is 12.8. The molecule has 3 aromatic carbocycles. The van der Waals surface area contributed by atoms with Gasteiger partial charge in [-0.05, 0) is 48.7 Å². The average Bonchev–Trinajstić information content (AvgIpc) is 2.70. The Hall–Kier alpha value is -2.44. The fraction of sp³-hybridized carbons (Fsp3) is 0.208. The maximum atomic E-state index is 10.6. The molecule has 1 N–H and O–H groups in total. The van der Waals surface area contributed by atoms with Gasteiger partial charge in [-0.15, -0.1) is 0 Å². The second-order valence-corrected chi connectivity index (χ2v) is 8.85. The average molecular weight is 376 g/mol. The molecule has 0 aliphatic heterocycles. The normalized spacial score (nSPS) is 10.9. The lowest BCUT2D eigenvalue weighted by Gasteiger charge is -2.20. The standard InChI is InChI=1S/C24H25O2P/c25-24(26)18-9-1-4-11-20-12-10-17-23(19-20)27(21-13-5-2-6-14-21)22-15-7-3-8-16-22/h2-3,5-8,10,12-17,19H,1,4,9,11,18H2,(H,25,26). The van der Waals surface area contributed by atoms with Crippen LogP contribution in [0.5, 0.6) is 0 Å². The molecule has 0 spiro atoms. The van der Waals surface area contributed by atoms with Crippen molar-refractivity contribution in [3.63, 3.8) is 0 Å². The molecule has 3 aromatic rings. The zero-order valence-corrected chi connectivity index (χ0v) is 16.3. The monoisotopic (exact) mass is 376 g/mol. The molecule has 0 atom stereocenters. The summed E-state index contributed by atoms with van der Waals surface area (Å²) in [6.07, 6.45) is 4.03. The molecule has 0 radical (unpaired) electrons. The van der Waals surface area contributed by atoms with Crippen LogP contribution < -0.4 is 15.9 Å². The number of rotatable bonds is 9. The van der Waals surface area contributed by atoms with E-state index in [1.807, 2.05) is 0 Å². The first-order valence-corrected chi connectivity index (χ1v) is 10.8. The quantitative estimate of drug-likeness (QED) is 0.437. The molecule has 0 unspecified atom stereocenters. The Morgan fingerprint density at radius 1 is 0.704 bits per heavy atom. The van der Waals surface area contributed by atoms with Crippen LogP contribution in [0.15, 0.2) is 84.9 Å². The molecule has 0 bridgehead atoms. The second kappa shape index (κ2) is 10.0. The summed E-state index contributed by atoms with van der Waals surface area (Å²) in [7, 11) is -0.570. The minimum absolute atomic E-state index is 0.271. The molecule has 3 rings (SSSR count). The lowest BCUT2D eigenvalue weighted by molar-refractivity contribution is -0.137. The topological polar surface area (TPSA) is 37.3 Å². The first-order valence-electron chi connectivity index (χ1n) is 9.45. The summed E-state index contributed by atoms with van der Waals surface area (Å²) < 4.78 is 0. The summed E-state index contributed by atoms with van der Waals surface area (Å²) >= 11 is 0. The van der Waals surface area contributed by atoms with Crippen LogP contribution in [0.4, 0.5) is 0 Å². The Labute approximate surface area is 162 Å². The number of unbranched alkanes of at least 4 members (excludes halogenated alkanes) is 2. The number of benzene rings is 3. The van der Waals surface area contributed by atoms with Gasteiger partial charge in [0.2, 0.25) is 0 Å². The van der Waals surface area contributed by atoms with Gasteiger partial charge in [0.1, 0.15) is 0 Å². The third kappa shape index (κ3) is 5.77. The molecule has 0 amide bonds. The van der Waals surface area contributed by atoms with Crippen molar-refractivity contribution in [2.75, 3.05) is 0 Å². The van der Waals surface area contributed by atoms with Crippen LogP contribution >= 0.6 is 7.92 Å². The molecule has 0 saturated heterocycles. The molecule has 3 heteroatoms. The highest BCUT2D eigenvalue weighted by Gasteiger charge is 2.16. The van der Waals surface area contributed by atoms with Crippen LogP contribution in [0, 0.1) is 0 Å². The van der Waals surface area contributed by atoms with E-state index in [4.69, 9.17) is 5.11 Å². The highest BCUT2D eigenvalue weighted by Crippen LogP contribution is 2.32. The number of carbonyl (C=O) groups is 1. The SMILES string of the molecule is O=C(O)CCCCCc1cccc(P(c2ccccc2)c2ccccc2)c1. The summed E-state index contributed by atoms with van der Waals surface area (Å²) in [4.78, 5) is 10.6. The van der Waals surface area contributed by atoms with E-state index in [2.05, 4.69) is 84.9 Å². The molecule has 0 aliphatic rings. The summed E-state index contributed by atoms with van der Waals surface area (Å²) in [6.45, 7) is 0. The maximum absolute atomic E-state index is 10.6. The van der Waals surface area contributed by atoms with Crippen molar-refractivity contribution in [3.8, 4) is 0 Å². The van der Waals surface area contributed by atoms with Gasteiger partial charge in [0.15, 0.2) is 0 Å². The van der Waals surface area contributed by atoms with E-state index in [1.54, 1.807) is 0 Å². The molecular formula is C24H25O2P. The molecule has 0 aliphatic carbocycles. The molecule has 0 fully saturated rings. The van der Waals surface area contributed by atoms with Crippen molar-refractivity contribution < 1.29 is 9.90 Å². The molecule has 2 nitrogen and oxygen atoms in total. The Balaban J connectivity index is 1.78. The van der Waals surface area contributed by atoms with Gasteiger partial charge in [-0.25, -0.2) is 0 Å².